The Balaban J connectivity index is 0.00000484. The number of halogens is 3. The Morgan fingerprint density at radius 1 is 1.17 bits per heavy atom. The summed E-state index contributed by atoms with van der Waals surface area (Å²) in [5.41, 5.74) is 6.35. The van der Waals surface area contributed by atoms with Crippen LogP contribution >= 0.6 is 35.6 Å². The predicted octanol–water partition coefficient (Wildman–Crippen LogP) is 5.50. The molecule has 2 N–H and O–H groups in total. The van der Waals surface area contributed by atoms with Crippen LogP contribution in [0.15, 0.2) is 18.2 Å². The Morgan fingerprint density at radius 2 is 1.83 bits per heavy atom. The van der Waals surface area contributed by atoms with Gasteiger partial charge in [0.25, 0.3) is 0 Å². The molecule has 0 bridgehead atoms. The van der Waals surface area contributed by atoms with Gasteiger partial charge in [-0.25, -0.2) is 10.2 Å². The fourth-order valence-corrected chi connectivity index (χ4v) is 2.63. The minimum atomic E-state index is -0.509. The molecular weight excluding hydrogens is 359 g/mol. The highest BCUT2D eigenvalue weighted by atomic mass is 35.5. The summed E-state index contributed by atoms with van der Waals surface area (Å²) in [4.78, 5) is 11.7. The van der Waals surface area contributed by atoms with Gasteiger partial charge in [0.1, 0.15) is 6.61 Å². The molecule has 1 aromatic rings. The zero-order valence-electron chi connectivity index (χ0n) is 13.5. The average Bonchev–Trinajstić information content (AvgIpc) is 2.47. The maximum absolute atomic E-state index is 11.7. The van der Waals surface area contributed by atoms with E-state index in [1.54, 1.807) is 18.2 Å². The van der Waals surface area contributed by atoms with E-state index in [0.717, 1.165) is 24.8 Å². The number of nitrogens with one attached hydrogen (secondary N) is 2. The molecule has 1 atom stereocenters. The van der Waals surface area contributed by atoms with Crippen molar-refractivity contribution in [2.75, 3.05) is 0 Å². The van der Waals surface area contributed by atoms with Crippen molar-refractivity contribution in [2.45, 2.75) is 58.6 Å². The summed E-state index contributed by atoms with van der Waals surface area (Å²) in [5, 5.41) is 1.04. The molecule has 0 radical (unpaired) electrons. The number of carbonyl (C=O) groups excluding carboxylic acids is 1. The fourth-order valence-electron chi connectivity index (χ4n) is 2.06. The zero-order valence-corrected chi connectivity index (χ0v) is 15.9. The van der Waals surface area contributed by atoms with Crippen LogP contribution in [0.2, 0.25) is 10.0 Å². The number of ether oxygens (including phenoxy) is 1. The van der Waals surface area contributed by atoms with Gasteiger partial charge in [0.2, 0.25) is 0 Å². The molecule has 1 aromatic carbocycles. The highest BCUT2D eigenvalue weighted by Gasteiger charge is 2.08. The van der Waals surface area contributed by atoms with E-state index in [9.17, 15) is 4.79 Å². The molecule has 0 heterocycles. The average molecular weight is 384 g/mol. The molecule has 0 aliphatic rings. The third kappa shape index (κ3) is 9.92. The normalized spacial score (nSPS) is 11.5. The summed E-state index contributed by atoms with van der Waals surface area (Å²) in [6.07, 6.45) is 5.03. The molecule has 0 spiro atoms. The van der Waals surface area contributed by atoms with Crippen molar-refractivity contribution < 1.29 is 9.53 Å². The molecular formula is C16H25Cl3N2O2. The van der Waals surface area contributed by atoms with Crippen LogP contribution in [0, 0.1) is 0 Å². The lowest BCUT2D eigenvalue weighted by Gasteiger charge is -2.17. The predicted molar refractivity (Wildman–Crippen MR) is 98.4 cm³/mol. The smallest absolute Gasteiger partial charge is 0.421 e. The van der Waals surface area contributed by atoms with Gasteiger partial charge in [0.15, 0.2) is 0 Å². The number of hydrogen-bond donors (Lipinski definition) is 2. The monoisotopic (exact) mass is 382 g/mol. The van der Waals surface area contributed by atoms with Crippen LogP contribution in [0.4, 0.5) is 4.79 Å². The quantitative estimate of drug-likeness (QED) is 0.437. The lowest BCUT2D eigenvalue weighted by molar-refractivity contribution is 0.132. The van der Waals surface area contributed by atoms with Gasteiger partial charge in [-0.05, 0) is 36.6 Å². The van der Waals surface area contributed by atoms with Gasteiger partial charge in [0.05, 0.1) is 0 Å². The summed E-state index contributed by atoms with van der Waals surface area (Å²) in [6.45, 7) is 4.39. The van der Waals surface area contributed by atoms with Crippen molar-refractivity contribution >= 4 is 41.7 Å². The van der Waals surface area contributed by atoms with Crippen molar-refractivity contribution in [1.82, 2.24) is 10.9 Å². The number of unbranched alkanes of at least 4 members (excludes halogenated alkanes) is 2. The largest absolute Gasteiger partial charge is 0.444 e. The summed E-state index contributed by atoms with van der Waals surface area (Å²) in [7, 11) is 0. The van der Waals surface area contributed by atoms with Crippen molar-refractivity contribution in [3.63, 3.8) is 0 Å². The van der Waals surface area contributed by atoms with Crippen molar-refractivity contribution in [3.8, 4) is 0 Å². The SMILES string of the molecule is CCCCCC(CC)NNC(=O)OCc1cc(Cl)cc(Cl)c1.Cl. The third-order valence-electron chi connectivity index (χ3n) is 3.32. The standard InChI is InChI=1S/C16H24Cl2N2O2.ClH/c1-3-5-6-7-15(4-2)19-20-16(21)22-11-12-8-13(17)10-14(18)9-12;/h8-10,15,19H,3-7,11H2,1-2H3,(H,20,21);1H. The molecule has 0 aliphatic carbocycles. The number of amides is 1. The summed E-state index contributed by atoms with van der Waals surface area (Å²) in [5.74, 6) is 0. The first-order valence-corrected chi connectivity index (χ1v) is 8.44. The second-order valence-electron chi connectivity index (χ2n) is 5.22. The summed E-state index contributed by atoms with van der Waals surface area (Å²) >= 11 is 11.8. The van der Waals surface area contributed by atoms with E-state index in [1.807, 2.05) is 0 Å². The topological polar surface area (TPSA) is 50.4 Å². The van der Waals surface area contributed by atoms with E-state index >= 15 is 0 Å². The van der Waals surface area contributed by atoms with Crippen LogP contribution in [-0.4, -0.2) is 12.1 Å². The summed E-state index contributed by atoms with van der Waals surface area (Å²) in [6, 6.07) is 5.33. The Hall–Kier alpha value is -0.680. The van der Waals surface area contributed by atoms with Gasteiger partial charge >= 0.3 is 6.09 Å². The number of benzene rings is 1. The Kier molecular flexibility index (Phi) is 12.3. The van der Waals surface area contributed by atoms with Crippen molar-refractivity contribution in [2.24, 2.45) is 0 Å². The van der Waals surface area contributed by atoms with Crippen LogP contribution in [0.1, 0.15) is 51.5 Å². The molecule has 0 aromatic heterocycles. The number of hydrazine groups is 1. The van der Waals surface area contributed by atoms with Gasteiger partial charge in [-0.1, -0.05) is 56.3 Å². The molecule has 1 unspecified atom stereocenters. The first-order chi connectivity index (χ1) is 10.5. The van der Waals surface area contributed by atoms with Gasteiger partial charge < -0.3 is 4.74 Å². The molecule has 4 nitrogen and oxygen atoms in total. The lowest BCUT2D eigenvalue weighted by Crippen LogP contribution is -2.44. The highest BCUT2D eigenvalue weighted by molar-refractivity contribution is 6.34. The minimum Gasteiger partial charge on any atom is -0.444 e. The van der Waals surface area contributed by atoms with Gasteiger partial charge in [0, 0.05) is 16.1 Å². The molecule has 7 heteroatoms. The Labute approximate surface area is 154 Å². The van der Waals surface area contributed by atoms with Gasteiger partial charge in [-0.2, -0.15) is 0 Å². The van der Waals surface area contributed by atoms with E-state index in [1.165, 1.54) is 12.8 Å². The maximum atomic E-state index is 11.7. The highest BCUT2D eigenvalue weighted by Crippen LogP contribution is 2.19. The van der Waals surface area contributed by atoms with Crippen LogP contribution in [-0.2, 0) is 11.3 Å². The zero-order chi connectivity index (χ0) is 16.4. The Morgan fingerprint density at radius 3 is 2.39 bits per heavy atom. The van der Waals surface area contributed by atoms with Crippen LogP contribution in [0.25, 0.3) is 0 Å². The van der Waals surface area contributed by atoms with E-state index < -0.39 is 6.09 Å². The van der Waals surface area contributed by atoms with Gasteiger partial charge in [-0.3, -0.25) is 5.43 Å². The lowest BCUT2D eigenvalue weighted by atomic mass is 10.1. The number of hydrogen-bond acceptors (Lipinski definition) is 3. The molecule has 1 amide bonds. The number of rotatable bonds is 9. The van der Waals surface area contributed by atoms with Crippen LogP contribution in [0.5, 0.6) is 0 Å². The molecule has 132 valence electrons. The van der Waals surface area contributed by atoms with Crippen molar-refractivity contribution in [3.05, 3.63) is 33.8 Å². The second-order valence-corrected chi connectivity index (χ2v) is 6.10. The Bertz CT molecular complexity index is 452. The third-order valence-corrected chi connectivity index (χ3v) is 3.76. The van der Waals surface area contributed by atoms with E-state index in [-0.39, 0.29) is 25.1 Å². The molecule has 0 aliphatic heterocycles. The molecule has 0 saturated carbocycles. The first kappa shape index (κ1) is 22.3. The minimum absolute atomic E-state index is 0. The van der Waals surface area contributed by atoms with Crippen LogP contribution < -0.4 is 10.9 Å². The second kappa shape index (κ2) is 12.7. The molecule has 1 rings (SSSR count). The number of carbonyl (C=O) groups is 1. The van der Waals surface area contributed by atoms with E-state index in [2.05, 4.69) is 24.7 Å². The summed E-state index contributed by atoms with van der Waals surface area (Å²) < 4.78 is 5.13. The van der Waals surface area contributed by atoms with Crippen LogP contribution in [0.3, 0.4) is 0 Å². The van der Waals surface area contributed by atoms with E-state index in [4.69, 9.17) is 27.9 Å². The fraction of sp³-hybridized carbons (Fsp3) is 0.562. The first-order valence-electron chi connectivity index (χ1n) is 7.68. The van der Waals surface area contributed by atoms with Crippen molar-refractivity contribution in [1.29, 1.82) is 0 Å². The molecule has 0 fully saturated rings. The van der Waals surface area contributed by atoms with E-state index in [0.29, 0.717) is 10.0 Å². The molecule has 0 saturated heterocycles. The molecule has 23 heavy (non-hydrogen) atoms. The maximum Gasteiger partial charge on any atom is 0.421 e. The van der Waals surface area contributed by atoms with Gasteiger partial charge in [-0.15, -0.1) is 12.4 Å².